The van der Waals surface area contributed by atoms with E-state index in [9.17, 15) is 9.18 Å². The van der Waals surface area contributed by atoms with Crippen molar-refractivity contribution in [1.82, 2.24) is 19.9 Å². The molecule has 0 aliphatic rings. The molecule has 0 radical (unpaired) electrons. The summed E-state index contributed by atoms with van der Waals surface area (Å²) in [6, 6.07) is 13.9. The van der Waals surface area contributed by atoms with Crippen LogP contribution in [0.2, 0.25) is 0 Å². The van der Waals surface area contributed by atoms with Crippen LogP contribution in [0, 0.1) is 5.82 Å². The van der Waals surface area contributed by atoms with Gasteiger partial charge in [0.05, 0.1) is 5.69 Å². The van der Waals surface area contributed by atoms with Gasteiger partial charge in [-0.2, -0.15) is 4.98 Å². The summed E-state index contributed by atoms with van der Waals surface area (Å²) in [7, 11) is 0. The molecule has 28 heavy (non-hydrogen) atoms. The fraction of sp³-hybridized carbons (Fsp3) is 0.190. The van der Waals surface area contributed by atoms with Gasteiger partial charge in [-0.05, 0) is 36.2 Å². The molecular formula is C21H19FN4OS. The number of benzene rings is 2. The maximum atomic E-state index is 13.4. The Labute approximate surface area is 165 Å². The zero-order valence-electron chi connectivity index (χ0n) is 15.4. The molecule has 1 amide bonds. The summed E-state index contributed by atoms with van der Waals surface area (Å²) >= 11 is 1.48. The molecule has 0 atom stereocenters. The van der Waals surface area contributed by atoms with Crippen molar-refractivity contribution in [2.45, 2.75) is 19.8 Å². The summed E-state index contributed by atoms with van der Waals surface area (Å²) in [4.78, 5) is 17.5. The van der Waals surface area contributed by atoms with Crippen molar-refractivity contribution < 1.29 is 9.18 Å². The van der Waals surface area contributed by atoms with E-state index in [2.05, 4.69) is 22.3 Å². The van der Waals surface area contributed by atoms with Gasteiger partial charge in [-0.15, -0.1) is 16.4 Å². The molecule has 7 heteroatoms. The molecule has 4 aromatic rings. The molecule has 0 saturated carbocycles. The minimum absolute atomic E-state index is 0.0897. The van der Waals surface area contributed by atoms with E-state index < -0.39 is 0 Å². The maximum Gasteiger partial charge on any atom is 0.251 e. The summed E-state index contributed by atoms with van der Waals surface area (Å²) < 4.78 is 15.2. The van der Waals surface area contributed by atoms with Gasteiger partial charge in [0.25, 0.3) is 5.91 Å². The highest BCUT2D eigenvalue weighted by molar-refractivity contribution is 7.15. The van der Waals surface area contributed by atoms with Gasteiger partial charge in [0.2, 0.25) is 4.96 Å². The molecule has 2 aromatic carbocycles. The van der Waals surface area contributed by atoms with Crippen molar-refractivity contribution in [3.8, 4) is 11.4 Å². The van der Waals surface area contributed by atoms with E-state index in [1.165, 1.54) is 29.0 Å². The summed E-state index contributed by atoms with van der Waals surface area (Å²) in [6.07, 6.45) is 1.58. The number of aromatic nitrogens is 3. The monoisotopic (exact) mass is 394 g/mol. The molecule has 5 nitrogen and oxygen atoms in total. The average Bonchev–Trinajstić information content (AvgIpc) is 3.30. The van der Waals surface area contributed by atoms with Crippen molar-refractivity contribution in [2.75, 3.05) is 6.54 Å². The molecular weight excluding hydrogens is 375 g/mol. The number of nitrogens with zero attached hydrogens (tertiary/aromatic N) is 3. The van der Waals surface area contributed by atoms with E-state index in [0.29, 0.717) is 29.9 Å². The van der Waals surface area contributed by atoms with E-state index in [-0.39, 0.29) is 11.7 Å². The Balaban J connectivity index is 1.42. The topological polar surface area (TPSA) is 59.3 Å². The number of hydrogen-bond acceptors (Lipinski definition) is 4. The largest absolute Gasteiger partial charge is 0.352 e. The number of thiazole rings is 1. The quantitative estimate of drug-likeness (QED) is 0.535. The van der Waals surface area contributed by atoms with Crippen LogP contribution in [0.4, 0.5) is 4.39 Å². The van der Waals surface area contributed by atoms with Crippen molar-refractivity contribution in [1.29, 1.82) is 0 Å². The second kappa shape index (κ2) is 7.90. The van der Waals surface area contributed by atoms with Crippen molar-refractivity contribution in [3.63, 3.8) is 0 Å². The van der Waals surface area contributed by atoms with Crippen LogP contribution >= 0.6 is 11.3 Å². The zero-order valence-corrected chi connectivity index (χ0v) is 16.2. The van der Waals surface area contributed by atoms with Crippen molar-refractivity contribution in [3.05, 3.63) is 76.5 Å². The second-order valence-corrected chi connectivity index (χ2v) is 7.26. The fourth-order valence-electron chi connectivity index (χ4n) is 2.94. The van der Waals surface area contributed by atoms with Crippen LogP contribution in [0.3, 0.4) is 0 Å². The number of rotatable bonds is 6. The highest BCUT2D eigenvalue weighted by atomic mass is 32.1. The first-order chi connectivity index (χ1) is 13.6. The molecule has 1 N–H and O–H groups in total. The lowest BCUT2D eigenvalue weighted by Gasteiger charge is -2.05. The van der Waals surface area contributed by atoms with Gasteiger partial charge >= 0.3 is 0 Å². The molecule has 4 rings (SSSR count). The summed E-state index contributed by atoms with van der Waals surface area (Å²) in [5, 5.41) is 9.41. The van der Waals surface area contributed by atoms with E-state index >= 15 is 0 Å². The molecule has 0 spiro atoms. The third kappa shape index (κ3) is 3.80. The van der Waals surface area contributed by atoms with Crippen LogP contribution in [0.1, 0.15) is 28.5 Å². The molecule has 0 fully saturated rings. The van der Waals surface area contributed by atoms with Gasteiger partial charge in [0, 0.05) is 29.5 Å². The van der Waals surface area contributed by atoms with Crippen molar-refractivity contribution in [2.24, 2.45) is 0 Å². The lowest BCUT2D eigenvalue weighted by Crippen LogP contribution is -2.26. The van der Waals surface area contributed by atoms with Crippen LogP contribution in [-0.4, -0.2) is 27.0 Å². The third-order valence-corrected chi connectivity index (χ3v) is 5.39. The number of hydrogen-bond donors (Lipinski definition) is 1. The average molecular weight is 394 g/mol. The highest BCUT2D eigenvalue weighted by Gasteiger charge is 2.12. The summed E-state index contributed by atoms with van der Waals surface area (Å²) in [5.74, 6) is 0.0892. The van der Waals surface area contributed by atoms with Gasteiger partial charge in [0.15, 0.2) is 5.82 Å². The predicted molar refractivity (Wildman–Crippen MR) is 108 cm³/mol. The Morgan fingerprint density at radius 2 is 2.04 bits per heavy atom. The molecule has 2 heterocycles. The Kier molecular flexibility index (Phi) is 5.16. The highest BCUT2D eigenvalue weighted by Crippen LogP contribution is 2.21. The van der Waals surface area contributed by atoms with Crippen LogP contribution in [0.25, 0.3) is 16.3 Å². The minimum atomic E-state index is -0.314. The van der Waals surface area contributed by atoms with Gasteiger partial charge in [0.1, 0.15) is 5.82 Å². The van der Waals surface area contributed by atoms with E-state index in [4.69, 9.17) is 0 Å². The Morgan fingerprint density at radius 3 is 2.79 bits per heavy atom. The molecule has 0 saturated heterocycles. The standard InChI is InChI=1S/C21H19FN4OS/c1-2-14-6-8-15(9-7-14)20(27)23-11-10-18-13-28-21-24-19(25-26(18)21)16-4-3-5-17(22)12-16/h3-9,12-13H,2,10-11H2,1H3,(H,23,27). The number of carbonyl (C=O) groups excluding carboxylic acids is 1. The van der Waals surface area contributed by atoms with Gasteiger partial charge in [-0.1, -0.05) is 31.2 Å². The third-order valence-electron chi connectivity index (χ3n) is 4.52. The molecule has 142 valence electrons. The predicted octanol–water partition coefficient (Wildman–Crippen LogP) is 4.13. The van der Waals surface area contributed by atoms with E-state index in [0.717, 1.165) is 17.1 Å². The summed E-state index contributed by atoms with van der Waals surface area (Å²) in [5.41, 5.74) is 3.46. The van der Waals surface area contributed by atoms with Crippen LogP contribution < -0.4 is 5.32 Å². The number of nitrogens with one attached hydrogen (secondary N) is 1. The summed E-state index contributed by atoms with van der Waals surface area (Å²) in [6.45, 7) is 2.58. The second-order valence-electron chi connectivity index (χ2n) is 6.42. The van der Waals surface area contributed by atoms with E-state index in [1.807, 2.05) is 29.6 Å². The first kappa shape index (κ1) is 18.3. The van der Waals surface area contributed by atoms with Gasteiger partial charge in [-0.25, -0.2) is 8.91 Å². The van der Waals surface area contributed by atoms with E-state index in [1.54, 1.807) is 16.6 Å². The Bertz CT molecular complexity index is 1120. The number of carbonyl (C=O) groups is 1. The number of fused-ring (bicyclic) bond motifs is 1. The van der Waals surface area contributed by atoms with Crippen LogP contribution in [-0.2, 0) is 12.8 Å². The normalized spacial score (nSPS) is 11.1. The van der Waals surface area contributed by atoms with Gasteiger partial charge < -0.3 is 5.32 Å². The fourth-order valence-corrected chi connectivity index (χ4v) is 3.80. The van der Waals surface area contributed by atoms with Crippen LogP contribution in [0.15, 0.2) is 53.9 Å². The van der Waals surface area contributed by atoms with Crippen LogP contribution in [0.5, 0.6) is 0 Å². The minimum Gasteiger partial charge on any atom is -0.352 e. The molecule has 0 aliphatic carbocycles. The molecule has 0 bridgehead atoms. The zero-order chi connectivity index (χ0) is 19.5. The van der Waals surface area contributed by atoms with Gasteiger partial charge in [-0.3, -0.25) is 4.79 Å². The smallest absolute Gasteiger partial charge is 0.251 e. The first-order valence-corrected chi connectivity index (χ1v) is 9.98. The lowest BCUT2D eigenvalue weighted by molar-refractivity contribution is 0.0954. The first-order valence-electron chi connectivity index (χ1n) is 9.10. The maximum absolute atomic E-state index is 13.4. The number of halogens is 1. The Morgan fingerprint density at radius 1 is 1.21 bits per heavy atom. The SMILES string of the molecule is CCc1ccc(C(=O)NCCc2csc3nc(-c4cccc(F)c4)nn23)cc1. The molecule has 0 aliphatic heterocycles. The molecule has 2 aromatic heterocycles. The lowest BCUT2D eigenvalue weighted by atomic mass is 10.1. The number of aryl methyl sites for hydroxylation is 1. The number of amides is 1. The Hall–Kier alpha value is -3.06. The molecule has 0 unspecified atom stereocenters. The van der Waals surface area contributed by atoms with Crippen molar-refractivity contribution >= 4 is 22.2 Å².